The Morgan fingerprint density at radius 2 is 1.81 bits per heavy atom. The molecule has 2 aromatic heterocycles. The fourth-order valence-electron chi connectivity index (χ4n) is 5.73. The second-order valence-corrected chi connectivity index (χ2v) is 10.9. The number of aryl methyl sites for hydroxylation is 1. The van der Waals surface area contributed by atoms with Crippen LogP contribution >= 0.6 is 0 Å². The van der Waals surface area contributed by atoms with Crippen LogP contribution in [0, 0.1) is 5.92 Å². The van der Waals surface area contributed by atoms with Gasteiger partial charge in [-0.05, 0) is 60.7 Å². The van der Waals surface area contributed by atoms with Gasteiger partial charge in [0.2, 0.25) is 0 Å². The van der Waals surface area contributed by atoms with Gasteiger partial charge in [0.1, 0.15) is 5.69 Å². The first kappa shape index (κ1) is 27.4. The molecule has 1 saturated heterocycles. The number of hydrogen-bond donors (Lipinski definition) is 0. The zero-order valence-corrected chi connectivity index (χ0v) is 24.1. The van der Waals surface area contributed by atoms with Gasteiger partial charge < -0.3 is 14.2 Å². The van der Waals surface area contributed by atoms with Gasteiger partial charge in [0, 0.05) is 44.0 Å². The molecule has 1 fully saturated rings. The summed E-state index contributed by atoms with van der Waals surface area (Å²) in [5.41, 5.74) is 7.25. The number of benzene rings is 3. The second kappa shape index (κ2) is 12.0. The van der Waals surface area contributed by atoms with Gasteiger partial charge in [-0.2, -0.15) is 5.10 Å². The van der Waals surface area contributed by atoms with Crippen molar-refractivity contribution in [1.82, 2.24) is 19.3 Å². The summed E-state index contributed by atoms with van der Waals surface area (Å²) >= 11 is 0. The van der Waals surface area contributed by atoms with Gasteiger partial charge in [-0.1, -0.05) is 48.5 Å². The molecule has 0 bridgehead atoms. The molecule has 1 aliphatic rings. The summed E-state index contributed by atoms with van der Waals surface area (Å²) in [6.07, 6.45) is 6.15. The molecule has 0 N–H and O–H groups in total. The van der Waals surface area contributed by atoms with E-state index in [9.17, 15) is 9.59 Å². The lowest BCUT2D eigenvalue weighted by Gasteiger charge is -2.33. The highest BCUT2D eigenvalue weighted by Gasteiger charge is 2.27. The van der Waals surface area contributed by atoms with E-state index in [2.05, 4.69) is 34.3 Å². The molecule has 214 valence electrons. The summed E-state index contributed by atoms with van der Waals surface area (Å²) in [6.45, 7) is 4.54. The number of anilines is 1. The van der Waals surface area contributed by atoms with E-state index in [1.807, 2.05) is 72.5 Å². The quantitative estimate of drug-likeness (QED) is 0.242. The summed E-state index contributed by atoms with van der Waals surface area (Å²) in [5, 5.41) is 4.53. The molecule has 0 saturated carbocycles. The van der Waals surface area contributed by atoms with E-state index in [0.717, 1.165) is 52.8 Å². The Hall–Kier alpha value is -4.72. The third kappa shape index (κ3) is 5.84. The zero-order valence-electron chi connectivity index (χ0n) is 24.1. The van der Waals surface area contributed by atoms with Crippen molar-refractivity contribution >= 4 is 22.7 Å². The Balaban J connectivity index is 1.18. The molecule has 8 heteroatoms. The fraction of sp³-hybridized carbons (Fsp3) is 0.294. The van der Waals surface area contributed by atoms with Gasteiger partial charge in [-0.25, -0.2) is 4.98 Å². The lowest BCUT2D eigenvalue weighted by Crippen LogP contribution is -2.39. The number of nitrogens with zero attached hydrogens (tertiary/aromatic N) is 5. The van der Waals surface area contributed by atoms with Crippen molar-refractivity contribution in [2.45, 2.75) is 32.7 Å². The van der Waals surface area contributed by atoms with Gasteiger partial charge in [0.15, 0.2) is 0 Å². The van der Waals surface area contributed by atoms with Gasteiger partial charge in [0.05, 0.1) is 36.3 Å². The number of carbonyl (C=O) groups is 1. The highest BCUT2D eigenvalue weighted by molar-refractivity contribution is 5.81. The van der Waals surface area contributed by atoms with Crippen molar-refractivity contribution in [2.75, 3.05) is 24.6 Å². The third-order valence-electron chi connectivity index (χ3n) is 8.01. The monoisotopic (exact) mass is 561 g/mol. The summed E-state index contributed by atoms with van der Waals surface area (Å²) in [4.78, 5) is 32.6. The summed E-state index contributed by atoms with van der Waals surface area (Å²) in [5.74, 6) is -0.198. The summed E-state index contributed by atoms with van der Waals surface area (Å²) in [6, 6.07) is 24.5. The number of fused-ring (bicyclic) bond motifs is 1. The Morgan fingerprint density at radius 3 is 2.60 bits per heavy atom. The van der Waals surface area contributed by atoms with E-state index in [1.165, 1.54) is 5.56 Å². The van der Waals surface area contributed by atoms with Crippen molar-refractivity contribution in [3.63, 3.8) is 0 Å². The second-order valence-electron chi connectivity index (χ2n) is 10.9. The molecular weight excluding hydrogens is 526 g/mol. The van der Waals surface area contributed by atoms with Crippen molar-refractivity contribution in [2.24, 2.45) is 13.0 Å². The molecule has 0 radical (unpaired) electrons. The first-order chi connectivity index (χ1) is 20.5. The standard InChI is InChI=1S/C34H35N5O3/c1-3-42-34(41)27-10-7-17-38(22-27)29-14-11-24(12-15-29)18-31-33(40)37(2)32-19-26(13-16-30(32)36-31)28-20-35-39(23-28)21-25-8-5-4-6-9-25/h4-6,8-9,11-16,19-20,23,27H,3,7,10,17-18,21-22H2,1-2H3. The number of carbonyl (C=O) groups excluding carboxylic acids is 1. The molecule has 0 aliphatic carbocycles. The minimum atomic E-state index is -0.109. The molecule has 1 aliphatic heterocycles. The van der Waals surface area contributed by atoms with Crippen LogP contribution in [-0.4, -0.2) is 45.0 Å². The Bertz CT molecular complexity index is 1760. The van der Waals surface area contributed by atoms with Crippen molar-refractivity contribution in [1.29, 1.82) is 0 Å². The first-order valence-corrected chi connectivity index (χ1v) is 14.6. The van der Waals surface area contributed by atoms with Crippen molar-refractivity contribution in [3.8, 4) is 11.1 Å². The normalized spacial score (nSPS) is 15.2. The number of ether oxygens (including phenoxy) is 1. The molecule has 6 rings (SSSR count). The lowest BCUT2D eigenvalue weighted by atomic mass is 9.97. The zero-order chi connectivity index (χ0) is 29.1. The molecule has 3 aromatic carbocycles. The molecule has 1 atom stereocenters. The number of aromatic nitrogens is 4. The van der Waals surface area contributed by atoms with E-state index < -0.39 is 0 Å². The largest absolute Gasteiger partial charge is 0.466 e. The van der Waals surface area contributed by atoms with Gasteiger partial charge in [-0.3, -0.25) is 14.3 Å². The average molecular weight is 562 g/mol. The highest BCUT2D eigenvalue weighted by atomic mass is 16.5. The van der Waals surface area contributed by atoms with E-state index in [0.29, 0.717) is 31.8 Å². The number of piperidine rings is 1. The molecule has 1 unspecified atom stereocenters. The minimum Gasteiger partial charge on any atom is -0.466 e. The van der Waals surface area contributed by atoms with E-state index in [4.69, 9.17) is 9.72 Å². The molecule has 8 nitrogen and oxygen atoms in total. The van der Waals surface area contributed by atoms with Crippen LogP contribution in [0.3, 0.4) is 0 Å². The van der Waals surface area contributed by atoms with Crippen LogP contribution in [0.4, 0.5) is 5.69 Å². The van der Waals surface area contributed by atoms with Crippen LogP contribution in [0.1, 0.15) is 36.6 Å². The predicted molar refractivity (Wildman–Crippen MR) is 165 cm³/mol. The molecule has 3 heterocycles. The Morgan fingerprint density at radius 1 is 1.00 bits per heavy atom. The minimum absolute atomic E-state index is 0.0887. The van der Waals surface area contributed by atoms with Crippen LogP contribution in [-0.2, 0) is 29.5 Å². The molecule has 42 heavy (non-hydrogen) atoms. The maximum atomic E-state index is 13.3. The summed E-state index contributed by atoms with van der Waals surface area (Å²) < 4.78 is 8.85. The Labute approximate surface area is 245 Å². The lowest BCUT2D eigenvalue weighted by molar-refractivity contribution is -0.148. The predicted octanol–water partition coefficient (Wildman–Crippen LogP) is 5.22. The van der Waals surface area contributed by atoms with Crippen LogP contribution in [0.2, 0.25) is 0 Å². The van der Waals surface area contributed by atoms with Crippen LogP contribution in [0.25, 0.3) is 22.2 Å². The molecule has 0 spiro atoms. The number of rotatable bonds is 8. The Kier molecular flexibility index (Phi) is 7.86. The van der Waals surface area contributed by atoms with Crippen molar-refractivity contribution in [3.05, 3.63) is 112 Å². The topological polar surface area (TPSA) is 82.2 Å². The van der Waals surface area contributed by atoms with E-state index >= 15 is 0 Å². The number of esters is 1. The van der Waals surface area contributed by atoms with Gasteiger partial charge in [-0.15, -0.1) is 0 Å². The number of hydrogen-bond acceptors (Lipinski definition) is 6. The van der Waals surface area contributed by atoms with Crippen LogP contribution in [0.5, 0.6) is 0 Å². The summed E-state index contributed by atoms with van der Waals surface area (Å²) in [7, 11) is 1.80. The maximum Gasteiger partial charge on any atom is 0.310 e. The first-order valence-electron chi connectivity index (χ1n) is 14.6. The van der Waals surface area contributed by atoms with Gasteiger partial charge >= 0.3 is 5.97 Å². The average Bonchev–Trinajstić information content (AvgIpc) is 3.49. The van der Waals surface area contributed by atoms with Crippen LogP contribution < -0.4 is 10.5 Å². The van der Waals surface area contributed by atoms with E-state index in [1.54, 1.807) is 11.6 Å². The third-order valence-corrected chi connectivity index (χ3v) is 8.01. The van der Waals surface area contributed by atoms with Gasteiger partial charge in [0.25, 0.3) is 5.56 Å². The molecular formula is C34H35N5O3. The molecule has 5 aromatic rings. The highest BCUT2D eigenvalue weighted by Crippen LogP contribution is 2.26. The SMILES string of the molecule is CCOC(=O)C1CCCN(c2ccc(Cc3nc4ccc(-c5cnn(Cc6ccccc6)c5)cc4n(C)c3=O)cc2)C1. The fourth-order valence-corrected chi connectivity index (χ4v) is 5.73. The van der Waals surface area contributed by atoms with Crippen LogP contribution in [0.15, 0.2) is 90.0 Å². The van der Waals surface area contributed by atoms with Crippen molar-refractivity contribution < 1.29 is 9.53 Å². The molecule has 0 amide bonds. The van der Waals surface area contributed by atoms with E-state index in [-0.39, 0.29) is 17.4 Å². The maximum absolute atomic E-state index is 13.3. The smallest absolute Gasteiger partial charge is 0.310 e.